The number of aliphatic carboxylic acids is 1. The van der Waals surface area contributed by atoms with E-state index >= 15 is 0 Å². The lowest BCUT2D eigenvalue weighted by molar-refractivity contribution is -0.147. The fraction of sp³-hybridized carbons (Fsp3) is 0.467. The van der Waals surface area contributed by atoms with E-state index in [1.54, 1.807) is 0 Å². The molecular weight excluding hydrogens is 294 g/mol. The van der Waals surface area contributed by atoms with Gasteiger partial charge in [0.25, 0.3) is 0 Å². The van der Waals surface area contributed by atoms with Gasteiger partial charge in [0.05, 0.1) is 5.92 Å². The number of nitrogens with one attached hydrogen (secondary N) is 1. The molecule has 0 aliphatic carbocycles. The molecule has 22 heavy (non-hydrogen) atoms. The molecule has 2 atom stereocenters. The lowest BCUT2D eigenvalue weighted by Gasteiger charge is -2.36. The first kappa shape index (κ1) is 16.4. The van der Waals surface area contributed by atoms with Gasteiger partial charge in [-0.05, 0) is 18.9 Å². The highest BCUT2D eigenvalue weighted by atomic mass is 19.2. The van der Waals surface area contributed by atoms with E-state index in [4.69, 9.17) is 0 Å². The molecule has 0 radical (unpaired) electrons. The van der Waals surface area contributed by atoms with Crippen LogP contribution in [0.2, 0.25) is 0 Å². The Morgan fingerprint density at radius 2 is 2.09 bits per heavy atom. The van der Waals surface area contributed by atoms with E-state index in [0.717, 1.165) is 6.07 Å². The highest BCUT2D eigenvalue weighted by molar-refractivity contribution is 5.79. The summed E-state index contributed by atoms with van der Waals surface area (Å²) in [5, 5.41) is 11.8. The van der Waals surface area contributed by atoms with Crippen LogP contribution >= 0.6 is 0 Å². The van der Waals surface area contributed by atoms with Crippen LogP contribution < -0.4 is 5.32 Å². The second-order valence-corrected chi connectivity index (χ2v) is 5.38. The van der Waals surface area contributed by atoms with E-state index in [0.29, 0.717) is 12.8 Å². The molecule has 7 heteroatoms. The summed E-state index contributed by atoms with van der Waals surface area (Å²) in [7, 11) is 1.52. The molecule has 5 nitrogen and oxygen atoms in total. The zero-order chi connectivity index (χ0) is 16.3. The number of carboxylic acids is 1. The maximum Gasteiger partial charge on any atom is 0.320 e. The zero-order valence-electron chi connectivity index (χ0n) is 12.2. The SMILES string of the molecule is CNC(=O)[C@H]1CC[C@@H](C(=O)O)N(Cc2cccc(F)c2F)C1. The summed E-state index contributed by atoms with van der Waals surface area (Å²) in [5.74, 6) is -3.49. The average molecular weight is 312 g/mol. The van der Waals surface area contributed by atoms with Crippen LogP contribution in [0.3, 0.4) is 0 Å². The third-order valence-electron chi connectivity index (χ3n) is 3.99. The van der Waals surface area contributed by atoms with Crippen LogP contribution in [0.15, 0.2) is 18.2 Å². The van der Waals surface area contributed by atoms with Gasteiger partial charge in [0, 0.05) is 25.7 Å². The zero-order valence-corrected chi connectivity index (χ0v) is 12.2. The summed E-state index contributed by atoms with van der Waals surface area (Å²) in [4.78, 5) is 24.6. The molecule has 120 valence electrons. The summed E-state index contributed by atoms with van der Waals surface area (Å²) in [6.45, 7) is 0.153. The third-order valence-corrected chi connectivity index (χ3v) is 3.99. The lowest BCUT2D eigenvalue weighted by Crippen LogP contribution is -2.50. The number of piperidine rings is 1. The second-order valence-electron chi connectivity index (χ2n) is 5.38. The Bertz CT molecular complexity index is 580. The van der Waals surface area contributed by atoms with Crippen molar-refractivity contribution in [1.29, 1.82) is 0 Å². The van der Waals surface area contributed by atoms with Crippen LogP contribution in [0, 0.1) is 17.6 Å². The molecule has 0 spiro atoms. The van der Waals surface area contributed by atoms with Crippen LogP contribution in [-0.4, -0.2) is 41.5 Å². The Kier molecular flexibility index (Phi) is 5.07. The van der Waals surface area contributed by atoms with Gasteiger partial charge in [-0.1, -0.05) is 12.1 Å². The fourth-order valence-corrected chi connectivity index (χ4v) is 2.81. The van der Waals surface area contributed by atoms with E-state index in [-0.39, 0.29) is 30.5 Å². The molecule has 1 heterocycles. The number of hydrogen-bond acceptors (Lipinski definition) is 3. The predicted molar refractivity (Wildman–Crippen MR) is 75.0 cm³/mol. The number of amides is 1. The molecule has 1 fully saturated rings. The number of nitrogens with zero attached hydrogens (tertiary/aromatic N) is 1. The van der Waals surface area contributed by atoms with Gasteiger partial charge in [-0.15, -0.1) is 0 Å². The van der Waals surface area contributed by atoms with Gasteiger partial charge >= 0.3 is 5.97 Å². The number of halogens is 2. The molecule has 1 amide bonds. The molecule has 1 aliphatic heterocycles. The van der Waals surface area contributed by atoms with E-state index in [1.807, 2.05) is 0 Å². The summed E-state index contributed by atoms with van der Waals surface area (Å²) in [6, 6.07) is 3.00. The Balaban J connectivity index is 2.20. The molecule has 1 aromatic carbocycles. The number of carboxylic acid groups (broad SMARTS) is 1. The van der Waals surface area contributed by atoms with Gasteiger partial charge in [-0.2, -0.15) is 0 Å². The van der Waals surface area contributed by atoms with E-state index in [9.17, 15) is 23.5 Å². The van der Waals surface area contributed by atoms with Crippen molar-refractivity contribution in [2.24, 2.45) is 5.92 Å². The lowest BCUT2D eigenvalue weighted by atomic mass is 9.91. The first-order chi connectivity index (χ1) is 10.4. The maximum atomic E-state index is 13.8. The third kappa shape index (κ3) is 3.41. The van der Waals surface area contributed by atoms with Crippen molar-refractivity contribution >= 4 is 11.9 Å². The molecule has 2 rings (SSSR count). The van der Waals surface area contributed by atoms with E-state index < -0.39 is 23.6 Å². The molecule has 1 saturated heterocycles. The normalized spacial score (nSPS) is 22.3. The van der Waals surface area contributed by atoms with Crippen LogP contribution in [-0.2, 0) is 16.1 Å². The van der Waals surface area contributed by atoms with Crippen molar-refractivity contribution in [1.82, 2.24) is 10.2 Å². The van der Waals surface area contributed by atoms with Gasteiger partial charge in [-0.3, -0.25) is 14.5 Å². The molecule has 1 aliphatic rings. The van der Waals surface area contributed by atoms with E-state index in [2.05, 4.69) is 5.32 Å². The first-order valence-corrected chi connectivity index (χ1v) is 7.05. The highest BCUT2D eigenvalue weighted by Gasteiger charge is 2.35. The van der Waals surface area contributed by atoms with Gasteiger partial charge in [-0.25, -0.2) is 8.78 Å². The maximum absolute atomic E-state index is 13.8. The standard InChI is InChI=1S/C15H18F2N2O3/c1-18-14(20)10-5-6-12(15(21)22)19(8-10)7-9-3-2-4-11(16)13(9)17/h2-4,10,12H,5-8H2,1H3,(H,18,20)(H,21,22)/t10-,12-/m0/s1. The van der Waals surface area contributed by atoms with Crippen LogP contribution in [0.5, 0.6) is 0 Å². The van der Waals surface area contributed by atoms with Crippen molar-refractivity contribution in [2.75, 3.05) is 13.6 Å². The predicted octanol–water partition coefficient (Wildman–Crippen LogP) is 1.38. The Morgan fingerprint density at radius 3 is 2.73 bits per heavy atom. The molecule has 0 aromatic heterocycles. The van der Waals surface area contributed by atoms with Crippen molar-refractivity contribution in [3.8, 4) is 0 Å². The van der Waals surface area contributed by atoms with Gasteiger partial charge < -0.3 is 10.4 Å². The Morgan fingerprint density at radius 1 is 1.36 bits per heavy atom. The highest BCUT2D eigenvalue weighted by Crippen LogP contribution is 2.25. The van der Waals surface area contributed by atoms with Gasteiger partial charge in [0.1, 0.15) is 6.04 Å². The summed E-state index contributed by atoms with van der Waals surface area (Å²) in [6.07, 6.45) is 0.753. The monoisotopic (exact) mass is 312 g/mol. The Labute approximate surface area is 126 Å². The number of rotatable bonds is 4. The largest absolute Gasteiger partial charge is 0.480 e. The number of carbonyl (C=O) groups is 2. The molecular formula is C15H18F2N2O3. The van der Waals surface area contributed by atoms with Crippen LogP contribution in [0.4, 0.5) is 8.78 Å². The fourth-order valence-electron chi connectivity index (χ4n) is 2.81. The topological polar surface area (TPSA) is 69.6 Å². The van der Waals surface area contributed by atoms with Crippen molar-refractivity contribution in [2.45, 2.75) is 25.4 Å². The summed E-state index contributed by atoms with van der Waals surface area (Å²) < 4.78 is 27.1. The first-order valence-electron chi connectivity index (χ1n) is 7.05. The number of carbonyl (C=O) groups excluding carboxylic acids is 1. The van der Waals surface area contributed by atoms with Crippen molar-refractivity contribution in [3.63, 3.8) is 0 Å². The van der Waals surface area contributed by atoms with Crippen LogP contribution in [0.1, 0.15) is 18.4 Å². The molecule has 1 aromatic rings. The number of benzene rings is 1. The molecule has 0 bridgehead atoms. The minimum Gasteiger partial charge on any atom is -0.480 e. The number of likely N-dealkylation sites (tertiary alicyclic amines) is 1. The van der Waals surface area contributed by atoms with E-state index in [1.165, 1.54) is 24.1 Å². The quantitative estimate of drug-likeness (QED) is 0.881. The van der Waals surface area contributed by atoms with Crippen molar-refractivity contribution in [3.05, 3.63) is 35.4 Å². The van der Waals surface area contributed by atoms with Gasteiger partial charge in [0.2, 0.25) is 5.91 Å². The molecule has 0 saturated carbocycles. The Hall–Kier alpha value is -2.02. The smallest absolute Gasteiger partial charge is 0.320 e. The minimum atomic E-state index is -1.02. The van der Waals surface area contributed by atoms with Gasteiger partial charge in [0.15, 0.2) is 11.6 Å². The number of hydrogen-bond donors (Lipinski definition) is 2. The summed E-state index contributed by atoms with van der Waals surface area (Å²) in [5.41, 5.74) is 0.0869. The summed E-state index contributed by atoms with van der Waals surface area (Å²) >= 11 is 0. The van der Waals surface area contributed by atoms with Crippen molar-refractivity contribution < 1.29 is 23.5 Å². The van der Waals surface area contributed by atoms with Crippen LogP contribution in [0.25, 0.3) is 0 Å². The molecule has 0 unspecified atom stereocenters. The second kappa shape index (κ2) is 6.83. The molecule has 2 N–H and O–H groups in total. The minimum absolute atomic E-state index is 0.0476. The average Bonchev–Trinajstić information content (AvgIpc) is 2.50.